The van der Waals surface area contributed by atoms with Crippen LogP contribution in [0.4, 0.5) is 0 Å². The summed E-state index contributed by atoms with van der Waals surface area (Å²) in [6.07, 6.45) is 11.3. The molecule has 2 nitrogen and oxygen atoms in total. The van der Waals surface area contributed by atoms with Crippen molar-refractivity contribution in [2.24, 2.45) is 28.6 Å². The molecule has 0 radical (unpaired) electrons. The Hall–Kier alpha value is -0.890. The predicted octanol–water partition coefficient (Wildman–Crippen LogP) is 4.83. The topological polar surface area (TPSA) is 37.3 Å². The van der Waals surface area contributed by atoms with E-state index in [1.165, 1.54) is 43.3 Å². The Morgan fingerprint density at radius 2 is 1.83 bits per heavy atom. The van der Waals surface area contributed by atoms with Gasteiger partial charge in [0, 0.05) is 6.42 Å². The fourth-order valence-corrected chi connectivity index (χ4v) is 7.17. The third kappa shape index (κ3) is 2.14. The smallest absolute Gasteiger partial charge is 0.155 e. The number of hydrogen-bond donors (Lipinski definition) is 1. The van der Waals surface area contributed by atoms with Crippen LogP contribution in [0.2, 0.25) is 0 Å². The SMILES string of the molecule is CC(CO)=C1CC[C@H]2[C@@H]3CCC4=CC(=O)CC[C@]4(C)[C@H]3CC[C@]12C. The largest absolute Gasteiger partial charge is 0.392 e. The first kappa shape index (κ1) is 16.6. The molecule has 0 amide bonds. The van der Waals surface area contributed by atoms with Crippen LogP contribution in [0.15, 0.2) is 22.8 Å². The Kier molecular flexibility index (Phi) is 3.84. The van der Waals surface area contributed by atoms with Crippen molar-refractivity contribution in [1.29, 1.82) is 0 Å². The van der Waals surface area contributed by atoms with Crippen molar-refractivity contribution < 1.29 is 9.90 Å². The second-order valence-corrected chi connectivity index (χ2v) is 9.38. The van der Waals surface area contributed by atoms with Crippen molar-refractivity contribution in [3.8, 4) is 0 Å². The highest BCUT2D eigenvalue weighted by atomic mass is 16.3. The second kappa shape index (κ2) is 5.56. The number of allylic oxidation sites excluding steroid dienone is 2. The number of carbonyl (C=O) groups excluding carboxylic acids is 1. The van der Waals surface area contributed by atoms with Gasteiger partial charge >= 0.3 is 0 Å². The first-order valence-corrected chi connectivity index (χ1v) is 9.94. The Morgan fingerprint density at radius 3 is 2.58 bits per heavy atom. The first-order valence-electron chi connectivity index (χ1n) is 9.94. The molecule has 4 rings (SSSR count). The van der Waals surface area contributed by atoms with Gasteiger partial charge in [-0.25, -0.2) is 0 Å². The molecular formula is C22H32O2. The van der Waals surface area contributed by atoms with Crippen molar-refractivity contribution in [2.75, 3.05) is 6.61 Å². The molecule has 0 spiro atoms. The van der Waals surface area contributed by atoms with Gasteiger partial charge in [0.05, 0.1) is 6.61 Å². The number of hydrogen-bond acceptors (Lipinski definition) is 2. The molecule has 3 fully saturated rings. The Bertz CT molecular complexity index is 628. The molecule has 24 heavy (non-hydrogen) atoms. The van der Waals surface area contributed by atoms with Gasteiger partial charge in [-0.2, -0.15) is 0 Å². The van der Waals surface area contributed by atoms with Crippen molar-refractivity contribution >= 4 is 5.78 Å². The van der Waals surface area contributed by atoms with Gasteiger partial charge in [0.2, 0.25) is 0 Å². The molecule has 0 aromatic rings. The lowest BCUT2D eigenvalue weighted by Gasteiger charge is -2.57. The van der Waals surface area contributed by atoms with E-state index in [1.54, 1.807) is 5.57 Å². The second-order valence-electron chi connectivity index (χ2n) is 9.38. The molecule has 1 N–H and O–H groups in total. The maximum Gasteiger partial charge on any atom is 0.155 e. The zero-order chi connectivity index (χ0) is 17.1. The number of ketones is 1. The Labute approximate surface area is 146 Å². The quantitative estimate of drug-likeness (QED) is 0.700. The lowest BCUT2D eigenvalue weighted by atomic mass is 9.47. The van der Waals surface area contributed by atoms with Crippen molar-refractivity contribution in [1.82, 2.24) is 0 Å². The van der Waals surface area contributed by atoms with Gasteiger partial charge in [0.15, 0.2) is 5.78 Å². The first-order chi connectivity index (χ1) is 11.4. The van der Waals surface area contributed by atoms with Crippen LogP contribution in [0, 0.1) is 28.6 Å². The van der Waals surface area contributed by atoms with E-state index in [2.05, 4.69) is 20.8 Å². The van der Waals surface area contributed by atoms with Gasteiger partial charge in [0.25, 0.3) is 0 Å². The monoisotopic (exact) mass is 328 g/mol. The summed E-state index contributed by atoms with van der Waals surface area (Å²) in [6.45, 7) is 7.28. The van der Waals surface area contributed by atoms with Crippen LogP contribution in [0.1, 0.15) is 72.1 Å². The summed E-state index contributed by atoms with van der Waals surface area (Å²) in [5.41, 5.74) is 4.85. The van der Waals surface area contributed by atoms with Crippen LogP contribution in [0.5, 0.6) is 0 Å². The summed E-state index contributed by atoms with van der Waals surface area (Å²) in [5, 5.41) is 9.66. The third-order valence-corrected chi connectivity index (χ3v) is 8.50. The van der Waals surface area contributed by atoms with Crippen molar-refractivity contribution in [2.45, 2.75) is 72.1 Å². The van der Waals surface area contributed by atoms with Gasteiger partial charge in [-0.15, -0.1) is 0 Å². The molecule has 0 unspecified atom stereocenters. The standard InChI is InChI=1S/C22H32O2/c1-14(13-23)18-6-7-19-17-5-4-15-12-16(24)8-10-21(15,2)20(17)9-11-22(18,19)3/h12,17,19-20,23H,4-11,13H2,1-3H3/t17-,19-,20-,21-,22+/m0/s1. The van der Waals surface area contributed by atoms with E-state index >= 15 is 0 Å². The molecular weight excluding hydrogens is 296 g/mol. The molecule has 0 heterocycles. The van der Waals surface area contributed by atoms with Crippen LogP contribution in [0.25, 0.3) is 0 Å². The van der Waals surface area contributed by atoms with E-state index in [0.717, 1.165) is 37.0 Å². The van der Waals surface area contributed by atoms with Crippen molar-refractivity contribution in [3.05, 3.63) is 22.8 Å². The maximum absolute atomic E-state index is 11.9. The average molecular weight is 328 g/mol. The Balaban J connectivity index is 1.69. The predicted molar refractivity (Wildman–Crippen MR) is 96.5 cm³/mol. The van der Waals surface area contributed by atoms with Crippen LogP contribution in [-0.2, 0) is 4.79 Å². The number of rotatable bonds is 1. The van der Waals surface area contributed by atoms with Crippen LogP contribution in [0.3, 0.4) is 0 Å². The lowest BCUT2D eigenvalue weighted by molar-refractivity contribution is -0.117. The number of aliphatic hydroxyl groups is 1. The van der Waals surface area contributed by atoms with Gasteiger partial charge in [-0.3, -0.25) is 4.79 Å². The molecule has 4 aliphatic carbocycles. The highest BCUT2D eigenvalue weighted by Gasteiger charge is 2.57. The fraction of sp³-hybridized carbons (Fsp3) is 0.773. The van der Waals surface area contributed by atoms with E-state index in [1.807, 2.05) is 6.08 Å². The van der Waals surface area contributed by atoms with Gasteiger partial charge in [0.1, 0.15) is 0 Å². The fourth-order valence-electron chi connectivity index (χ4n) is 7.17. The molecule has 4 aliphatic rings. The van der Waals surface area contributed by atoms with E-state index in [4.69, 9.17) is 0 Å². The van der Waals surface area contributed by atoms with Crippen LogP contribution in [-0.4, -0.2) is 17.5 Å². The lowest BCUT2D eigenvalue weighted by Crippen LogP contribution is -2.49. The summed E-state index contributed by atoms with van der Waals surface area (Å²) in [7, 11) is 0. The molecule has 0 aromatic heterocycles. The number of aliphatic hydroxyl groups excluding tert-OH is 1. The zero-order valence-electron chi connectivity index (χ0n) is 15.5. The minimum Gasteiger partial charge on any atom is -0.392 e. The summed E-state index contributed by atoms with van der Waals surface area (Å²) in [5.74, 6) is 2.70. The molecule has 2 heteroatoms. The Morgan fingerprint density at radius 1 is 1.08 bits per heavy atom. The maximum atomic E-state index is 11.9. The number of carbonyl (C=O) groups is 1. The van der Waals surface area contributed by atoms with Gasteiger partial charge in [-0.05, 0) is 92.1 Å². The molecule has 3 saturated carbocycles. The number of fused-ring (bicyclic) bond motifs is 5. The average Bonchev–Trinajstić information content (AvgIpc) is 2.92. The van der Waals surface area contributed by atoms with Crippen LogP contribution >= 0.6 is 0 Å². The van der Waals surface area contributed by atoms with Gasteiger partial charge < -0.3 is 5.11 Å². The highest BCUT2D eigenvalue weighted by Crippen LogP contribution is 2.66. The summed E-state index contributed by atoms with van der Waals surface area (Å²) >= 11 is 0. The summed E-state index contributed by atoms with van der Waals surface area (Å²) in [4.78, 5) is 11.9. The van der Waals surface area contributed by atoms with E-state index in [0.29, 0.717) is 11.2 Å². The van der Waals surface area contributed by atoms with Crippen molar-refractivity contribution in [3.63, 3.8) is 0 Å². The van der Waals surface area contributed by atoms with E-state index in [-0.39, 0.29) is 12.0 Å². The minimum atomic E-state index is 0.221. The molecule has 0 saturated heterocycles. The molecule has 0 bridgehead atoms. The van der Waals surface area contributed by atoms with E-state index in [9.17, 15) is 9.90 Å². The van der Waals surface area contributed by atoms with Crippen LogP contribution < -0.4 is 0 Å². The van der Waals surface area contributed by atoms with E-state index < -0.39 is 0 Å². The molecule has 0 aliphatic heterocycles. The minimum absolute atomic E-state index is 0.221. The third-order valence-electron chi connectivity index (χ3n) is 8.50. The summed E-state index contributed by atoms with van der Waals surface area (Å²) in [6, 6.07) is 0. The summed E-state index contributed by atoms with van der Waals surface area (Å²) < 4.78 is 0. The molecule has 0 aromatic carbocycles. The zero-order valence-corrected chi connectivity index (χ0v) is 15.5. The normalized spacial score (nSPS) is 46.8. The van der Waals surface area contributed by atoms with Gasteiger partial charge in [-0.1, -0.05) is 25.0 Å². The molecule has 132 valence electrons. The molecule has 5 atom stereocenters. The highest BCUT2D eigenvalue weighted by molar-refractivity contribution is 5.91.